The van der Waals surface area contributed by atoms with Gasteiger partial charge in [0.25, 0.3) is 0 Å². The van der Waals surface area contributed by atoms with Crippen molar-refractivity contribution in [2.45, 2.75) is 6.42 Å². The summed E-state index contributed by atoms with van der Waals surface area (Å²) < 4.78 is 21.2. The van der Waals surface area contributed by atoms with Gasteiger partial charge in [0.15, 0.2) is 23.0 Å². The van der Waals surface area contributed by atoms with Crippen LogP contribution in [-0.4, -0.2) is 45.4 Å². The molecule has 0 fully saturated rings. The number of fused-ring (bicyclic) bond motifs is 1. The Kier molecular flexibility index (Phi) is 5.86. The molecule has 0 atom stereocenters. The summed E-state index contributed by atoms with van der Waals surface area (Å²) in [6.07, 6.45) is 4.06. The fourth-order valence-corrected chi connectivity index (χ4v) is 2.75. The van der Waals surface area contributed by atoms with Crippen LogP contribution in [0.1, 0.15) is 11.1 Å². The summed E-state index contributed by atoms with van der Waals surface area (Å²) in [5.74, 6) is 2.74. The van der Waals surface area contributed by atoms with Gasteiger partial charge in [-0.05, 0) is 47.9 Å². The third-order valence-corrected chi connectivity index (χ3v) is 4.38. The molecule has 1 aliphatic rings. The molecule has 0 saturated carbocycles. The van der Waals surface area contributed by atoms with E-state index in [4.69, 9.17) is 18.9 Å². The molecule has 0 unspecified atom stereocenters. The maximum atomic E-state index is 12.3. The normalized spacial score (nSPS) is 12.3. The van der Waals surface area contributed by atoms with Gasteiger partial charge in [0, 0.05) is 19.7 Å². The minimum absolute atomic E-state index is 0.0643. The lowest BCUT2D eigenvalue weighted by Crippen LogP contribution is -2.27. The molecule has 3 rings (SSSR count). The molecule has 2 aromatic carbocycles. The van der Waals surface area contributed by atoms with Gasteiger partial charge >= 0.3 is 0 Å². The highest BCUT2D eigenvalue weighted by Crippen LogP contribution is 2.32. The molecule has 0 aromatic heterocycles. The van der Waals surface area contributed by atoms with Crippen LogP contribution in [0.2, 0.25) is 0 Å². The summed E-state index contributed by atoms with van der Waals surface area (Å²) in [7, 11) is 4.96. The van der Waals surface area contributed by atoms with Crippen LogP contribution < -0.4 is 18.9 Å². The molecule has 1 amide bonds. The van der Waals surface area contributed by atoms with Crippen molar-refractivity contribution in [3.8, 4) is 23.0 Å². The monoisotopic (exact) mass is 369 g/mol. The summed E-state index contributed by atoms with van der Waals surface area (Å²) in [5, 5.41) is 0. The molecule has 1 heterocycles. The first-order valence-corrected chi connectivity index (χ1v) is 8.64. The molecule has 142 valence electrons. The van der Waals surface area contributed by atoms with Crippen LogP contribution >= 0.6 is 0 Å². The molecular weight excluding hydrogens is 346 g/mol. The molecule has 0 N–H and O–H groups in total. The first-order valence-electron chi connectivity index (χ1n) is 8.64. The van der Waals surface area contributed by atoms with Crippen molar-refractivity contribution in [1.82, 2.24) is 4.90 Å². The van der Waals surface area contributed by atoms with Crippen molar-refractivity contribution in [3.05, 3.63) is 53.6 Å². The predicted octanol–water partition coefficient (Wildman–Crippen LogP) is 3.15. The second-order valence-corrected chi connectivity index (χ2v) is 6.15. The highest BCUT2D eigenvalue weighted by molar-refractivity contribution is 5.91. The van der Waals surface area contributed by atoms with Crippen LogP contribution in [0.15, 0.2) is 42.5 Å². The predicted molar refractivity (Wildman–Crippen MR) is 102 cm³/mol. The van der Waals surface area contributed by atoms with E-state index in [0.29, 0.717) is 18.0 Å². The van der Waals surface area contributed by atoms with E-state index in [2.05, 4.69) is 0 Å². The van der Waals surface area contributed by atoms with Crippen molar-refractivity contribution in [2.75, 3.05) is 34.6 Å². The number of methoxy groups -OCH3 is 2. The molecular formula is C21H23NO5. The topological polar surface area (TPSA) is 57.2 Å². The Hall–Kier alpha value is -3.15. The van der Waals surface area contributed by atoms with Crippen molar-refractivity contribution in [3.63, 3.8) is 0 Å². The second kappa shape index (κ2) is 8.49. The molecule has 0 bridgehead atoms. The van der Waals surface area contributed by atoms with Crippen LogP contribution in [0.5, 0.6) is 23.0 Å². The van der Waals surface area contributed by atoms with Gasteiger partial charge in [0.05, 0.1) is 14.2 Å². The number of rotatable bonds is 7. The number of carbonyl (C=O) groups is 1. The summed E-state index contributed by atoms with van der Waals surface area (Å²) in [4.78, 5) is 14.0. The number of likely N-dealkylation sites (N-methyl/N-ethyl adjacent to an activating group) is 1. The van der Waals surface area contributed by atoms with E-state index in [-0.39, 0.29) is 12.7 Å². The zero-order chi connectivity index (χ0) is 19.2. The summed E-state index contributed by atoms with van der Waals surface area (Å²) in [5.41, 5.74) is 1.97. The Balaban J connectivity index is 1.56. The summed E-state index contributed by atoms with van der Waals surface area (Å²) >= 11 is 0. The Labute approximate surface area is 158 Å². The van der Waals surface area contributed by atoms with Crippen molar-refractivity contribution < 1.29 is 23.7 Å². The number of carbonyl (C=O) groups excluding carboxylic acids is 1. The zero-order valence-electron chi connectivity index (χ0n) is 15.7. The van der Waals surface area contributed by atoms with E-state index >= 15 is 0 Å². The van der Waals surface area contributed by atoms with Gasteiger partial charge < -0.3 is 23.8 Å². The van der Waals surface area contributed by atoms with Gasteiger partial charge in [-0.1, -0.05) is 12.1 Å². The van der Waals surface area contributed by atoms with Crippen LogP contribution in [0.4, 0.5) is 0 Å². The quantitative estimate of drug-likeness (QED) is 0.702. The van der Waals surface area contributed by atoms with Gasteiger partial charge in [-0.3, -0.25) is 4.79 Å². The first-order chi connectivity index (χ1) is 13.1. The zero-order valence-corrected chi connectivity index (χ0v) is 15.7. The lowest BCUT2D eigenvalue weighted by atomic mass is 10.1. The Morgan fingerprint density at radius 2 is 1.85 bits per heavy atom. The summed E-state index contributed by atoms with van der Waals surface area (Å²) in [6.45, 7) is 0.868. The SMILES string of the molecule is COc1ccc(C=CC(=O)N(C)CCc2ccc3c(c2)OCO3)cc1OC. The number of benzene rings is 2. The van der Waals surface area contributed by atoms with Crippen LogP contribution in [-0.2, 0) is 11.2 Å². The minimum atomic E-state index is -0.0643. The van der Waals surface area contributed by atoms with E-state index in [9.17, 15) is 4.79 Å². The van der Waals surface area contributed by atoms with Gasteiger partial charge in [0.2, 0.25) is 12.7 Å². The highest BCUT2D eigenvalue weighted by atomic mass is 16.7. The minimum Gasteiger partial charge on any atom is -0.493 e. The van der Waals surface area contributed by atoms with Gasteiger partial charge in [0.1, 0.15) is 0 Å². The van der Waals surface area contributed by atoms with Gasteiger partial charge in [-0.15, -0.1) is 0 Å². The van der Waals surface area contributed by atoms with Crippen molar-refractivity contribution in [1.29, 1.82) is 0 Å². The van der Waals surface area contributed by atoms with E-state index in [1.54, 1.807) is 38.3 Å². The smallest absolute Gasteiger partial charge is 0.246 e. The molecule has 27 heavy (non-hydrogen) atoms. The number of hydrogen-bond donors (Lipinski definition) is 0. The van der Waals surface area contributed by atoms with E-state index in [1.165, 1.54) is 0 Å². The number of hydrogen-bond acceptors (Lipinski definition) is 5. The van der Waals surface area contributed by atoms with Crippen LogP contribution in [0.3, 0.4) is 0 Å². The van der Waals surface area contributed by atoms with Crippen LogP contribution in [0.25, 0.3) is 6.08 Å². The Morgan fingerprint density at radius 1 is 1.07 bits per heavy atom. The Morgan fingerprint density at radius 3 is 2.63 bits per heavy atom. The second-order valence-electron chi connectivity index (χ2n) is 6.15. The average Bonchev–Trinajstić information content (AvgIpc) is 3.17. The van der Waals surface area contributed by atoms with Gasteiger partial charge in [-0.2, -0.15) is 0 Å². The maximum Gasteiger partial charge on any atom is 0.246 e. The molecule has 0 saturated heterocycles. The highest BCUT2D eigenvalue weighted by Gasteiger charge is 2.13. The number of ether oxygens (including phenoxy) is 4. The molecule has 6 nitrogen and oxygen atoms in total. The maximum absolute atomic E-state index is 12.3. The summed E-state index contributed by atoms with van der Waals surface area (Å²) in [6, 6.07) is 11.4. The molecule has 6 heteroatoms. The number of amides is 1. The third kappa shape index (κ3) is 4.53. The lowest BCUT2D eigenvalue weighted by molar-refractivity contribution is -0.124. The lowest BCUT2D eigenvalue weighted by Gasteiger charge is -2.15. The number of nitrogens with zero attached hydrogens (tertiary/aromatic N) is 1. The largest absolute Gasteiger partial charge is 0.493 e. The fraction of sp³-hybridized carbons (Fsp3) is 0.286. The standard InChI is InChI=1S/C21H23NO5/c1-22(11-10-16-5-8-18-20(13-16)27-14-26-18)21(23)9-6-15-4-7-17(24-2)19(12-15)25-3/h4-9,12-13H,10-11,14H2,1-3H3. The van der Waals surface area contributed by atoms with E-state index in [0.717, 1.165) is 29.0 Å². The third-order valence-electron chi connectivity index (χ3n) is 4.38. The molecule has 1 aliphatic heterocycles. The average molecular weight is 369 g/mol. The van der Waals surface area contributed by atoms with Crippen LogP contribution in [0, 0.1) is 0 Å². The van der Waals surface area contributed by atoms with Crippen molar-refractivity contribution >= 4 is 12.0 Å². The van der Waals surface area contributed by atoms with Gasteiger partial charge in [-0.25, -0.2) is 0 Å². The molecule has 0 aliphatic carbocycles. The molecule has 0 radical (unpaired) electrons. The van der Waals surface area contributed by atoms with E-state index < -0.39 is 0 Å². The fourth-order valence-electron chi connectivity index (χ4n) is 2.75. The van der Waals surface area contributed by atoms with Crippen molar-refractivity contribution in [2.24, 2.45) is 0 Å². The molecule has 2 aromatic rings. The first kappa shape index (κ1) is 18.6. The Bertz CT molecular complexity index is 846. The van der Waals surface area contributed by atoms with E-state index in [1.807, 2.05) is 36.4 Å². The molecule has 0 spiro atoms.